The smallest absolute Gasteiger partial charge is 0.0931 e. The van der Waals surface area contributed by atoms with Gasteiger partial charge in [-0.15, -0.1) is 11.3 Å². The number of halogens is 2. The number of rotatable bonds is 4. The van der Waals surface area contributed by atoms with Gasteiger partial charge in [-0.1, -0.05) is 65.6 Å². The Bertz CT molecular complexity index is 501. The van der Waals surface area contributed by atoms with E-state index < -0.39 is 0 Å². The number of hydrogen-bond acceptors (Lipinski definition) is 1. The normalized spacial score (nSPS) is 12.9. The van der Waals surface area contributed by atoms with Gasteiger partial charge in [0, 0.05) is 4.88 Å². The Morgan fingerprint density at radius 1 is 1.11 bits per heavy atom. The number of benzene rings is 1. The average molecular weight is 344 g/mol. The summed E-state index contributed by atoms with van der Waals surface area (Å²) in [5.74, 6) is 0.701. The van der Waals surface area contributed by atoms with E-state index in [0.717, 1.165) is 10.8 Å². The molecule has 0 saturated carbocycles. The minimum absolute atomic E-state index is 0.239. The third-order valence-electron chi connectivity index (χ3n) is 2.76. The van der Waals surface area contributed by atoms with Crippen molar-refractivity contribution in [1.82, 2.24) is 0 Å². The summed E-state index contributed by atoms with van der Waals surface area (Å²) in [6, 6.07) is 12.9. The SMILES string of the molecule is CC(C)Cc1ccc(C(Br)c2ccc(Cl)s2)cc1. The van der Waals surface area contributed by atoms with Gasteiger partial charge in [0.2, 0.25) is 0 Å². The minimum Gasteiger partial charge on any atom is -0.127 e. The minimum atomic E-state index is 0.239. The van der Waals surface area contributed by atoms with Gasteiger partial charge in [-0.25, -0.2) is 0 Å². The van der Waals surface area contributed by atoms with E-state index in [1.54, 1.807) is 11.3 Å². The van der Waals surface area contributed by atoms with Crippen LogP contribution in [0.1, 0.15) is 34.7 Å². The van der Waals surface area contributed by atoms with Crippen LogP contribution in [0, 0.1) is 5.92 Å². The summed E-state index contributed by atoms with van der Waals surface area (Å²) in [5, 5.41) is 0. The molecule has 0 aliphatic carbocycles. The lowest BCUT2D eigenvalue weighted by Gasteiger charge is -2.10. The maximum atomic E-state index is 5.97. The van der Waals surface area contributed by atoms with Crippen molar-refractivity contribution in [2.24, 2.45) is 5.92 Å². The van der Waals surface area contributed by atoms with Gasteiger partial charge >= 0.3 is 0 Å². The first-order valence-electron chi connectivity index (χ1n) is 6.04. The second-order valence-corrected chi connectivity index (χ2v) is 7.51. The lowest BCUT2D eigenvalue weighted by atomic mass is 10.0. The molecule has 1 atom stereocenters. The van der Waals surface area contributed by atoms with E-state index in [1.807, 2.05) is 6.07 Å². The lowest BCUT2D eigenvalue weighted by Crippen LogP contribution is -1.95. The first kappa shape index (κ1) is 14.1. The molecule has 1 aromatic carbocycles. The fraction of sp³-hybridized carbons (Fsp3) is 0.333. The molecule has 1 unspecified atom stereocenters. The molecule has 0 radical (unpaired) electrons. The second-order valence-electron chi connectivity index (χ2n) is 4.84. The molecule has 0 spiro atoms. The highest BCUT2D eigenvalue weighted by Crippen LogP contribution is 2.36. The van der Waals surface area contributed by atoms with E-state index in [9.17, 15) is 0 Å². The summed E-state index contributed by atoms with van der Waals surface area (Å²) in [5.41, 5.74) is 2.68. The highest BCUT2D eigenvalue weighted by atomic mass is 79.9. The van der Waals surface area contributed by atoms with Crippen molar-refractivity contribution in [2.45, 2.75) is 25.1 Å². The molecule has 0 saturated heterocycles. The molecule has 0 aliphatic rings. The van der Waals surface area contributed by atoms with Crippen molar-refractivity contribution in [2.75, 3.05) is 0 Å². The fourth-order valence-electron chi connectivity index (χ4n) is 1.92. The Labute approximate surface area is 126 Å². The highest BCUT2D eigenvalue weighted by Gasteiger charge is 2.12. The molecule has 96 valence electrons. The van der Waals surface area contributed by atoms with Gasteiger partial charge in [0.05, 0.1) is 9.16 Å². The maximum Gasteiger partial charge on any atom is 0.0931 e. The molecule has 3 heteroatoms. The first-order valence-corrected chi connectivity index (χ1v) is 8.15. The fourth-order valence-corrected chi connectivity index (χ4v) is 3.73. The zero-order valence-corrected chi connectivity index (χ0v) is 13.6. The Balaban J connectivity index is 2.14. The summed E-state index contributed by atoms with van der Waals surface area (Å²) in [4.78, 5) is 1.49. The van der Waals surface area contributed by atoms with E-state index in [1.165, 1.54) is 16.0 Å². The Kier molecular flexibility index (Phi) is 4.88. The highest BCUT2D eigenvalue weighted by molar-refractivity contribution is 9.09. The van der Waals surface area contributed by atoms with Crippen molar-refractivity contribution in [3.63, 3.8) is 0 Å². The topological polar surface area (TPSA) is 0 Å². The molecule has 0 fully saturated rings. The largest absolute Gasteiger partial charge is 0.127 e. The van der Waals surface area contributed by atoms with E-state index >= 15 is 0 Å². The van der Waals surface area contributed by atoms with Crippen LogP contribution in [0.4, 0.5) is 0 Å². The molecule has 1 heterocycles. The van der Waals surface area contributed by atoms with E-state index in [-0.39, 0.29) is 4.83 Å². The first-order chi connectivity index (χ1) is 8.56. The van der Waals surface area contributed by atoms with E-state index in [0.29, 0.717) is 5.92 Å². The molecule has 0 amide bonds. The van der Waals surface area contributed by atoms with Crippen LogP contribution in [0.25, 0.3) is 0 Å². The lowest BCUT2D eigenvalue weighted by molar-refractivity contribution is 0.647. The zero-order valence-electron chi connectivity index (χ0n) is 10.5. The molecule has 2 rings (SSSR count). The van der Waals surface area contributed by atoms with Crippen LogP contribution in [-0.4, -0.2) is 0 Å². The molecular formula is C15H16BrClS. The Morgan fingerprint density at radius 2 is 1.78 bits per heavy atom. The average Bonchev–Trinajstić information content (AvgIpc) is 2.75. The van der Waals surface area contributed by atoms with Gasteiger partial charge in [-0.05, 0) is 35.6 Å². The molecule has 2 aromatic rings. The number of alkyl halides is 1. The molecule has 0 N–H and O–H groups in total. The van der Waals surface area contributed by atoms with Crippen molar-refractivity contribution in [1.29, 1.82) is 0 Å². The standard InChI is InChI=1S/C15H16BrClS/c1-10(2)9-11-3-5-12(6-4-11)15(16)13-7-8-14(17)18-13/h3-8,10,15H,9H2,1-2H3. The third-order valence-corrected chi connectivity index (χ3v) is 5.38. The maximum absolute atomic E-state index is 5.97. The van der Waals surface area contributed by atoms with Crippen LogP contribution in [0.2, 0.25) is 4.34 Å². The van der Waals surface area contributed by atoms with Gasteiger partial charge in [0.1, 0.15) is 0 Å². The van der Waals surface area contributed by atoms with Crippen LogP contribution >= 0.6 is 38.9 Å². The predicted octanol–water partition coefficient (Wildman–Crippen LogP) is 6.08. The quantitative estimate of drug-likeness (QED) is 0.590. The van der Waals surface area contributed by atoms with Crippen molar-refractivity contribution < 1.29 is 0 Å². The monoisotopic (exact) mass is 342 g/mol. The van der Waals surface area contributed by atoms with Gasteiger partial charge in [-0.2, -0.15) is 0 Å². The van der Waals surface area contributed by atoms with Crippen LogP contribution in [0.15, 0.2) is 36.4 Å². The molecule has 0 aliphatic heterocycles. The Hall–Kier alpha value is -0.310. The van der Waals surface area contributed by atoms with Gasteiger partial charge in [-0.3, -0.25) is 0 Å². The van der Waals surface area contributed by atoms with Crippen LogP contribution in [0.3, 0.4) is 0 Å². The summed E-state index contributed by atoms with van der Waals surface area (Å²) < 4.78 is 0.839. The van der Waals surface area contributed by atoms with Gasteiger partial charge in [0.25, 0.3) is 0 Å². The Morgan fingerprint density at radius 3 is 2.28 bits per heavy atom. The zero-order chi connectivity index (χ0) is 13.1. The molecule has 18 heavy (non-hydrogen) atoms. The van der Waals surface area contributed by atoms with Crippen LogP contribution < -0.4 is 0 Å². The second kappa shape index (κ2) is 6.23. The summed E-state index contributed by atoms with van der Waals surface area (Å²) in [6.07, 6.45) is 1.14. The summed E-state index contributed by atoms with van der Waals surface area (Å²) in [6.45, 7) is 4.49. The van der Waals surface area contributed by atoms with Gasteiger partial charge < -0.3 is 0 Å². The molecule has 0 bridgehead atoms. The molecule has 0 nitrogen and oxygen atoms in total. The van der Waals surface area contributed by atoms with Crippen molar-refractivity contribution >= 4 is 38.9 Å². The van der Waals surface area contributed by atoms with E-state index in [4.69, 9.17) is 11.6 Å². The van der Waals surface area contributed by atoms with E-state index in [2.05, 4.69) is 60.1 Å². The van der Waals surface area contributed by atoms with Crippen LogP contribution in [-0.2, 0) is 6.42 Å². The molecular weight excluding hydrogens is 328 g/mol. The predicted molar refractivity (Wildman–Crippen MR) is 85.1 cm³/mol. The van der Waals surface area contributed by atoms with Crippen LogP contribution in [0.5, 0.6) is 0 Å². The number of thiophene rings is 1. The van der Waals surface area contributed by atoms with Crippen molar-refractivity contribution in [3.8, 4) is 0 Å². The molecule has 1 aromatic heterocycles. The third kappa shape index (κ3) is 3.59. The number of hydrogen-bond donors (Lipinski definition) is 0. The summed E-state index contributed by atoms with van der Waals surface area (Å²) in [7, 11) is 0. The van der Waals surface area contributed by atoms with Crippen molar-refractivity contribution in [3.05, 3.63) is 56.7 Å². The van der Waals surface area contributed by atoms with Gasteiger partial charge in [0.15, 0.2) is 0 Å². The summed E-state index contributed by atoms with van der Waals surface area (Å²) >= 11 is 11.3.